The van der Waals surface area contributed by atoms with Crippen LogP contribution in [0.25, 0.3) is 5.57 Å². The third-order valence-electron chi connectivity index (χ3n) is 15.7. The zero-order chi connectivity index (χ0) is 36.4. The van der Waals surface area contributed by atoms with Gasteiger partial charge in [0, 0.05) is 19.6 Å². The molecule has 0 radical (unpaired) electrons. The molecule has 0 bridgehead atoms. The predicted octanol–water partition coefficient (Wildman–Crippen LogP) is 8.69. The number of carboxylic acid groups (broad SMARTS) is 1. The normalized spacial score (nSPS) is 36.9. The molecule has 0 aromatic heterocycles. The van der Waals surface area contributed by atoms with Crippen molar-refractivity contribution in [3.8, 4) is 0 Å². The van der Waals surface area contributed by atoms with Gasteiger partial charge >= 0.3 is 5.97 Å². The fourth-order valence-corrected chi connectivity index (χ4v) is 13.3. The van der Waals surface area contributed by atoms with Crippen LogP contribution in [0.5, 0.6) is 0 Å². The summed E-state index contributed by atoms with van der Waals surface area (Å²) >= 11 is 0. The Labute approximate surface area is 304 Å². The smallest absolute Gasteiger partial charge is 0.335 e. The number of carboxylic acids is 1. The zero-order valence-electron chi connectivity index (χ0n) is 32.4. The lowest BCUT2D eigenvalue weighted by molar-refractivity contribution is -0.222. The van der Waals surface area contributed by atoms with Crippen LogP contribution >= 0.6 is 0 Å². The summed E-state index contributed by atoms with van der Waals surface area (Å²) in [6, 6.07) is 7.62. The lowest BCUT2D eigenvalue weighted by Gasteiger charge is -2.72. The number of aliphatic hydroxyl groups excluding tert-OH is 2. The van der Waals surface area contributed by atoms with Gasteiger partial charge in [0.25, 0.3) is 0 Å². The summed E-state index contributed by atoms with van der Waals surface area (Å²) in [5.74, 6) is 2.15. The zero-order valence-corrected chi connectivity index (χ0v) is 32.4. The Kier molecular flexibility index (Phi) is 12.2. The van der Waals surface area contributed by atoms with Crippen LogP contribution in [-0.4, -0.2) is 72.1 Å². The van der Waals surface area contributed by atoms with E-state index in [1.54, 1.807) is 18.2 Å². The van der Waals surface area contributed by atoms with Gasteiger partial charge in [0.2, 0.25) is 0 Å². The third-order valence-corrected chi connectivity index (χ3v) is 15.7. The molecule has 1 aromatic rings. The average molecular weight is 691 g/mol. The quantitative estimate of drug-likeness (QED) is 0.130. The molecule has 7 unspecified atom stereocenters. The highest BCUT2D eigenvalue weighted by Gasteiger charge is 2.69. The number of hydrogen-bond acceptors (Lipinski definition) is 5. The maximum Gasteiger partial charge on any atom is 0.335 e. The molecule has 0 aliphatic heterocycles. The molecule has 0 spiro atoms. The minimum atomic E-state index is -0.859. The van der Waals surface area contributed by atoms with Crippen LogP contribution in [0.2, 0.25) is 0 Å². The van der Waals surface area contributed by atoms with Crippen LogP contribution in [-0.2, 0) is 0 Å². The fourth-order valence-electron chi connectivity index (χ4n) is 13.3. The number of nitrogens with zero attached hydrogens (tertiary/aromatic N) is 1. The summed E-state index contributed by atoms with van der Waals surface area (Å²) in [7, 11) is 0. The summed E-state index contributed by atoms with van der Waals surface area (Å²) in [4.78, 5) is 13.7. The number of rotatable bonds is 12. The van der Waals surface area contributed by atoms with Crippen LogP contribution in [0.3, 0.4) is 0 Å². The molecule has 6 heteroatoms. The molecule has 6 nitrogen and oxygen atoms in total. The Morgan fingerprint density at radius 2 is 1.56 bits per heavy atom. The highest BCUT2D eigenvalue weighted by atomic mass is 16.4. The number of nitrogens with one attached hydrogen (secondary N) is 1. The molecule has 5 aliphatic carbocycles. The van der Waals surface area contributed by atoms with E-state index in [9.17, 15) is 20.1 Å². The number of allylic oxidation sites excluding steroid dienone is 3. The Balaban J connectivity index is 0.00000156. The van der Waals surface area contributed by atoms with E-state index < -0.39 is 5.97 Å². The van der Waals surface area contributed by atoms with Gasteiger partial charge < -0.3 is 20.6 Å². The molecule has 0 heterocycles. The molecule has 6 rings (SSSR count). The molecular weight excluding hydrogens is 620 g/mol. The summed E-state index contributed by atoms with van der Waals surface area (Å²) in [6.45, 7) is 23.0. The summed E-state index contributed by atoms with van der Waals surface area (Å²) < 4.78 is 0. The first-order valence-corrected chi connectivity index (χ1v) is 20.0. The van der Waals surface area contributed by atoms with Gasteiger partial charge in [0.1, 0.15) is 0 Å². The standard InChI is InChI=1S/C41H64N2O4.C3H6/c1-37(2)31(29-9-11-30(12-10-29)36(46)47)15-18-38(3)34(37)16-19-40(5)35(38)14-13-32-33-8-6-17-41(33,21-20-39(32,40)4)28-42-22-7-23-43(24-26-44)25-27-45;1-3-2/h9-12,15,32-35,42,44-45H,6-8,13-14,16-28H2,1-5H3,(H,46,47);3H,1H2,2H3/t32?,33?,34?,35?,38?,39-,40?,41?;/m1./s1. The Morgan fingerprint density at radius 1 is 0.880 bits per heavy atom. The monoisotopic (exact) mass is 691 g/mol. The summed E-state index contributed by atoms with van der Waals surface area (Å²) in [6.07, 6.45) is 18.7. The number of aliphatic hydroxyl groups is 2. The minimum absolute atomic E-state index is 0.0445. The summed E-state index contributed by atoms with van der Waals surface area (Å²) in [5, 5.41) is 32.1. The first kappa shape index (κ1) is 39.2. The van der Waals surface area contributed by atoms with Gasteiger partial charge in [-0.05, 0) is 158 Å². The van der Waals surface area contributed by atoms with E-state index in [0.29, 0.717) is 40.8 Å². The van der Waals surface area contributed by atoms with E-state index in [1.165, 1.54) is 68.9 Å². The van der Waals surface area contributed by atoms with Gasteiger partial charge in [-0.25, -0.2) is 4.79 Å². The number of aromatic carboxylic acids is 1. The number of hydrogen-bond donors (Lipinski definition) is 4. The Hall–Kier alpha value is -1.99. The van der Waals surface area contributed by atoms with Gasteiger partial charge in [-0.3, -0.25) is 4.90 Å². The van der Waals surface area contributed by atoms with Crippen LogP contribution in [0.15, 0.2) is 43.0 Å². The first-order chi connectivity index (χ1) is 23.8. The molecule has 8 atom stereocenters. The second-order valence-electron chi connectivity index (χ2n) is 18.2. The highest BCUT2D eigenvalue weighted by molar-refractivity contribution is 5.88. The first-order valence-electron chi connectivity index (χ1n) is 20.0. The van der Waals surface area contributed by atoms with Crippen molar-refractivity contribution in [2.45, 2.75) is 112 Å². The summed E-state index contributed by atoms with van der Waals surface area (Å²) in [5.41, 5.74) is 4.48. The lowest BCUT2D eigenvalue weighted by atomic mass is 9.32. The van der Waals surface area contributed by atoms with Crippen LogP contribution in [0.4, 0.5) is 0 Å². The van der Waals surface area contributed by atoms with Crippen LogP contribution in [0.1, 0.15) is 128 Å². The van der Waals surface area contributed by atoms with Gasteiger partial charge in [0.05, 0.1) is 18.8 Å². The molecule has 0 amide bonds. The van der Waals surface area contributed by atoms with Gasteiger partial charge in [0.15, 0.2) is 0 Å². The second kappa shape index (κ2) is 15.5. The molecular formula is C44H70N2O4. The molecule has 280 valence electrons. The maximum atomic E-state index is 11.5. The van der Waals surface area contributed by atoms with E-state index in [4.69, 9.17) is 0 Å². The highest BCUT2D eigenvalue weighted by Crippen LogP contribution is 2.77. The van der Waals surface area contributed by atoms with E-state index in [0.717, 1.165) is 50.2 Å². The topological polar surface area (TPSA) is 93.0 Å². The Bertz CT molecular complexity index is 1350. The van der Waals surface area contributed by atoms with Crippen LogP contribution < -0.4 is 5.32 Å². The largest absolute Gasteiger partial charge is 0.478 e. The van der Waals surface area contributed by atoms with E-state index in [-0.39, 0.29) is 24.0 Å². The van der Waals surface area contributed by atoms with Crippen molar-refractivity contribution in [2.24, 2.45) is 50.7 Å². The number of fused-ring (bicyclic) bond motifs is 7. The molecule has 1 aromatic carbocycles. The van der Waals surface area contributed by atoms with Crippen molar-refractivity contribution in [1.29, 1.82) is 0 Å². The van der Waals surface area contributed by atoms with E-state index >= 15 is 0 Å². The lowest BCUT2D eigenvalue weighted by Crippen LogP contribution is -2.65. The SMILES string of the molecule is C=CC.CC1(C)C(c2ccc(C(=O)O)cc2)=CCC2(C)C1CCC1(C)C2CCC2C3CCCC3(CNCCCN(CCO)CCO)CC[C@]21C. The maximum absolute atomic E-state index is 11.5. The van der Waals surface area contributed by atoms with Crippen molar-refractivity contribution in [1.82, 2.24) is 10.2 Å². The van der Waals surface area contributed by atoms with Crippen molar-refractivity contribution in [2.75, 3.05) is 45.9 Å². The average Bonchev–Trinajstić information content (AvgIpc) is 3.49. The van der Waals surface area contributed by atoms with Crippen molar-refractivity contribution in [3.05, 3.63) is 54.1 Å². The number of carbonyl (C=O) groups is 1. The van der Waals surface area contributed by atoms with Crippen molar-refractivity contribution < 1.29 is 20.1 Å². The van der Waals surface area contributed by atoms with Crippen molar-refractivity contribution >= 4 is 11.5 Å². The van der Waals surface area contributed by atoms with E-state index in [2.05, 4.69) is 57.5 Å². The fraction of sp³-hybridized carbons (Fsp3) is 0.750. The van der Waals surface area contributed by atoms with Gasteiger partial charge in [-0.2, -0.15) is 0 Å². The third kappa shape index (κ3) is 6.81. The molecule has 4 N–H and O–H groups in total. The molecule has 4 fully saturated rings. The number of benzene rings is 1. The molecule has 4 saturated carbocycles. The van der Waals surface area contributed by atoms with E-state index in [1.807, 2.05) is 19.1 Å². The Morgan fingerprint density at radius 3 is 2.20 bits per heavy atom. The minimum Gasteiger partial charge on any atom is -0.478 e. The predicted molar refractivity (Wildman–Crippen MR) is 206 cm³/mol. The van der Waals surface area contributed by atoms with Crippen LogP contribution in [0, 0.1) is 50.7 Å². The molecule has 5 aliphatic rings. The van der Waals surface area contributed by atoms with Gasteiger partial charge in [-0.15, -0.1) is 6.58 Å². The van der Waals surface area contributed by atoms with Crippen molar-refractivity contribution in [3.63, 3.8) is 0 Å². The second-order valence-corrected chi connectivity index (χ2v) is 18.2. The molecule has 0 saturated heterocycles. The van der Waals surface area contributed by atoms with Gasteiger partial charge in [-0.1, -0.05) is 65.3 Å². The molecule has 50 heavy (non-hydrogen) atoms.